The molecule has 0 saturated carbocycles. The second-order valence-corrected chi connectivity index (χ2v) is 14.0. The fraction of sp³-hybridized carbons (Fsp3) is 0.667. The van der Waals surface area contributed by atoms with Gasteiger partial charge < -0.3 is 40.3 Å². The molecule has 0 aromatic heterocycles. The van der Waals surface area contributed by atoms with Gasteiger partial charge in [0.25, 0.3) is 0 Å². The first kappa shape index (κ1) is 49.4. The van der Waals surface area contributed by atoms with Crippen molar-refractivity contribution in [2.24, 2.45) is 0 Å². The Morgan fingerprint density at radius 2 is 1.15 bits per heavy atom. The van der Waals surface area contributed by atoms with Crippen LogP contribution in [0.2, 0.25) is 0 Å². The SMILES string of the molecule is CC/C=C\C/C=C\C/C=C\C/C=C\C/C=C\C/C=C\CCCCC(=O)NC(COC1OC(CO)C(O)C(O)C1O)C(O)/C=C/CCCCCCCCCC. The Balaban J connectivity index is 2.42. The van der Waals surface area contributed by atoms with Crippen molar-refractivity contribution in [3.05, 3.63) is 85.1 Å². The first-order valence-electron chi connectivity index (χ1n) is 20.8. The van der Waals surface area contributed by atoms with Crippen molar-refractivity contribution in [1.82, 2.24) is 5.32 Å². The molecule has 9 heteroatoms. The number of nitrogens with one attached hydrogen (secondary N) is 1. The van der Waals surface area contributed by atoms with Crippen molar-refractivity contribution in [2.45, 2.75) is 179 Å². The van der Waals surface area contributed by atoms with Gasteiger partial charge in [0.1, 0.15) is 24.4 Å². The van der Waals surface area contributed by atoms with E-state index >= 15 is 0 Å². The number of unbranched alkanes of at least 4 members (excludes halogenated alkanes) is 10. The van der Waals surface area contributed by atoms with E-state index in [9.17, 15) is 30.3 Å². The third-order valence-electron chi connectivity index (χ3n) is 9.23. The van der Waals surface area contributed by atoms with E-state index in [1.54, 1.807) is 6.08 Å². The Morgan fingerprint density at radius 3 is 1.70 bits per heavy atom. The van der Waals surface area contributed by atoms with Crippen molar-refractivity contribution in [2.75, 3.05) is 13.2 Å². The molecule has 1 aliphatic rings. The number of aliphatic hydroxyl groups excluding tert-OH is 5. The lowest BCUT2D eigenvalue weighted by Gasteiger charge is -2.40. The Bertz CT molecular complexity index is 1110. The number of hydrogen-bond donors (Lipinski definition) is 6. The molecule has 1 rings (SSSR count). The number of ether oxygens (including phenoxy) is 2. The predicted molar refractivity (Wildman–Crippen MR) is 221 cm³/mol. The summed E-state index contributed by atoms with van der Waals surface area (Å²) in [6.07, 6.45) is 40.6. The Hall–Kier alpha value is -2.63. The van der Waals surface area contributed by atoms with Crippen LogP contribution < -0.4 is 5.32 Å². The van der Waals surface area contributed by atoms with Gasteiger partial charge >= 0.3 is 0 Å². The summed E-state index contributed by atoms with van der Waals surface area (Å²) >= 11 is 0. The topological polar surface area (TPSA) is 149 Å². The minimum atomic E-state index is -1.58. The molecule has 0 aromatic carbocycles. The van der Waals surface area contributed by atoms with Crippen LogP contribution in [0.15, 0.2) is 85.1 Å². The zero-order valence-electron chi connectivity index (χ0n) is 33.4. The van der Waals surface area contributed by atoms with Gasteiger partial charge in [-0.3, -0.25) is 4.79 Å². The van der Waals surface area contributed by atoms with Crippen molar-refractivity contribution < 1.29 is 39.8 Å². The van der Waals surface area contributed by atoms with Crippen LogP contribution in [0.3, 0.4) is 0 Å². The van der Waals surface area contributed by atoms with E-state index in [2.05, 4.69) is 92.1 Å². The highest BCUT2D eigenvalue weighted by Crippen LogP contribution is 2.22. The van der Waals surface area contributed by atoms with Crippen molar-refractivity contribution in [1.29, 1.82) is 0 Å². The fourth-order valence-corrected chi connectivity index (χ4v) is 5.86. The Kier molecular flexibility index (Phi) is 31.9. The van der Waals surface area contributed by atoms with Crippen molar-refractivity contribution in [3.8, 4) is 0 Å². The summed E-state index contributed by atoms with van der Waals surface area (Å²) in [5, 5.41) is 53.9. The number of rotatable bonds is 32. The molecular weight excluding hydrogens is 682 g/mol. The van der Waals surface area contributed by atoms with Crippen LogP contribution in [0.25, 0.3) is 0 Å². The number of hydrogen-bond acceptors (Lipinski definition) is 8. The van der Waals surface area contributed by atoms with Crippen LogP contribution in [0.1, 0.15) is 136 Å². The summed E-state index contributed by atoms with van der Waals surface area (Å²) in [4.78, 5) is 12.9. The van der Waals surface area contributed by atoms with Crippen molar-refractivity contribution in [3.63, 3.8) is 0 Å². The van der Waals surface area contributed by atoms with Crippen LogP contribution in [0.5, 0.6) is 0 Å². The first-order valence-corrected chi connectivity index (χ1v) is 20.8. The highest BCUT2D eigenvalue weighted by Gasteiger charge is 2.44. The van der Waals surface area contributed by atoms with Gasteiger partial charge in [-0.05, 0) is 70.6 Å². The zero-order valence-corrected chi connectivity index (χ0v) is 33.4. The van der Waals surface area contributed by atoms with E-state index in [1.807, 2.05) is 6.08 Å². The van der Waals surface area contributed by atoms with Crippen LogP contribution in [-0.2, 0) is 14.3 Å². The number of carbonyl (C=O) groups is 1. The number of aliphatic hydroxyl groups is 5. The minimum absolute atomic E-state index is 0.212. The standard InChI is InChI=1S/C45H75NO8/c1-3-5-7-9-11-13-15-16-17-18-19-20-21-22-23-24-25-27-29-31-33-35-41(49)46-38(37-53-45-44(52)43(51)42(50)40(36-47)54-45)39(48)34-32-30-28-26-14-12-10-8-6-4-2/h5,7,11,13,16-17,19-20,22-23,25,27,32,34,38-40,42-45,47-48,50-52H,3-4,6,8-10,12,14-15,18,21,24,26,28-31,33,35-37H2,1-2H3,(H,46,49)/b7-5-,13-11-,17-16-,20-19-,23-22-,27-25-,34-32+. The summed E-state index contributed by atoms with van der Waals surface area (Å²) < 4.78 is 11.1. The molecule has 1 heterocycles. The fourth-order valence-electron chi connectivity index (χ4n) is 5.86. The molecule has 0 spiro atoms. The smallest absolute Gasteiger partial charge is 0.220 e. The van der Waals surface area contributed by atoms with Gasteiger partial charge in [0.15, 0.2) is 6.29 Å². The summed E-state index contributed by atoms with van der Waals surface area (Å²) in [5.41, 5.74) is 0. The van der Waals surface area contributed by atoms with E-state index in [1.165, 1.54) is 38.5 Å². The van der Waals surface area contributed by atoms with E-state index in [4.69, 9.17) is 9.47 Å². The third kappa shape index (κ3) is 25.4. The normalized spacial score (nSPS) is 22.4. The molecule has 0 radical (unpaired) electrons. The van der Waals surface area contributed by atoms with Crippen LogP contribution in [-0.4, -0.2) is 87.5 Å². The maximum Gasteiger partial charge on any atom is 0.220 e. The number of carbonyl (C=O) groups excluding carboxylic acids is 1. The molecule has 1 amide bonds. The van der Waals surface area contributed by atoms with Gasteiger partial charge in [-0.2, -0.15) is 0 Å². The molecule has 54 heavy (non-hydrogen) atoms. The van der Waals surface area contributed by atoms with E-state index in [0.717, 1.165) is 70.6 Å². The molecule has 0 aliphatic carbocycles. The lowest BCUT2D eigenvalue weighted by Crippen LogP contribution is -2.60. The summed E-state index contributed by atoms with van der Waals surface area (Å²) in [5.74, 6) is -0.226. The van der Waals surface area contributed by atoms with Gasteiger partial charge in [0.2, 0.25) is 5.91 Å². The zero-order chi connectivity index (χ0) is 39.5. The summed E-state index contributed by atoms with van der Waals surface area (Å²) in [7, 11) is 0. The van der Waals surface area contributed by atoms with E-state index in [0.29, 0.717) is 6.42 Å². The monoisotopic (exact) mass is 758 g/mol. The van der Waals surface area contributed by atoms with Gasteiger partial charge in [-0.25, -0.2) is 0 Å². The molecule has 6 N–H and O–H groups in total. The number of allylic oxidation sites excluding steroid dienone is 13. The molecular formula is C45H75NO8. The third-order valence-corrected chi connectivity index (χ3v) is 9.23. The molecule has 7 atom stereocenters. The average Bonchev–Trinajstić information content (AvgIpc) is 3.17. The Morgan fingerprint density at radius 1 is 0.648 bits per heavy atom. The highest BCUT2D eigenvalue weighted by molar-refractivity contribution is 5.76. The van der Waals surface area contributed by atoms with Crippen LogP contribution in [0.4, 0.5) is 0 Å². The number of amides is 1. The molecule has 1 aliphatic heterocycles. The largest absolute Gasteiger partial charge is 0.394 e. The molecule has 7 unspecified atom stereocenters. The average molecular weight is 758 g/mol. The van der Waals surface area contributed by atoms with Crippen LogP contribution >= 0.6 is 0 Å². The van der Waals surface area contributed by atoms with Gasteiger partial charge in [-0.1, -0.05) is 144 Å². The highest BCUT2D eigenvalue weighted by atomic mass is 16.7. The minimum Gasteiger partial charge on any atom is -0.394 e. The molecule has 0 bridgehead atoms. The van der Waals surface area contributed by atoms with Gasteiger partial charge in [-0.15, -0.1) is 0 Å². The molecule has 9 nitrogen and oxygen atoms in total. The summed E-state index contributed by atoms with van der Waals surface area (Å²) in [6.45, 7) is 3.57. The lowest BCUT2D eigenvalue weighted by atomic mass is 9.99. The molecule has 0 aromatic rings. The van der Waals surface area contributed by atoms with Gasteiger partial charge in [0.05, 0.1) is 25.4 Å². The Labute approximate surface area is 327 Å². The van der Waals surface area contributed by atoms with E-state index < -0.39 is 49.5 Å². The maximum absolute atomic E-state index is 12.9. The quantitative estimate of drug-likeness (QED) is 0.0299. The lowest BCUT2D eigenvalue weighted by molar-refractivity contribution is -0.302. The first-order chi connectivity index (χ1) is 26.3. The molecule has 1 saturated heterocycles. The van der Waals surface area contributed by atoms with E-state index in [-0.39, 0.29) is 18.9 Å². The maximum atomic E-state index is 12.9. The van der Waals surface area contributed by atoms with Crippen LogP contribution in [0, 0.1) is 0 Å². The molecule has 1 fully saturated rings. The summed E-state index contributed by atoms with van der Waals surface area (Å²) in [6, 6.07) is -0.831. The predicted octanol–water partition coefficient (Wildman–Crippen LogP) is 7.99. The second-order valence-electron chi connectivity index (χ2n) is 14.0. The second kappa shape index (κ2) is 34.8. The van der Waals surface area contributed by atoms with Crippen molar-refractivity contribution >= 4 is 5.91 Å². The van der Waals surface area contributed by atoms with Gasteiger partial charge in [0, 0.05) is 6.42 Å². The molecule has 308 valence electrons.